The van der Waals surface area contributed by atoms with Crippen molar-refractivity contribution < 1.29 is 4.74 Å². The van der Waals surface area contributed by atoms with Crippen LogP contribution in [0.25, 0.3) is 0 Å². The number of hydrogen-bond acceptors (Lipinski definition) is 3. The maximum Gasteiger partial charge on any atom is 0.0931 e. The highest BCUT2D eigenvalue weighted by Crippen LogP contribution is 2.33. The second kappa shape index (κ2) is 4.62. The Bertz CT molecular complexity index is 296. The van der Waals surface area contributed by atoms with Crippen LogP contribution in [-0.2, 0) is 4.74 Å². The standard InChI is InChI=1S/C10H14ClNOS/c11-9-2-1-8(14-9)10(12)7-3-5-13-6-4-7/h1-2,7,10H,3-6,12H2/t10-/m0/s1. The summed E-state index contributed by atoms with van der Waals surface area (Å²) in [5.74, 6) is 0.554. The van der Waals surface area contributed by atoms with Crippen molar-refractivity contribution >= 4 is 22.9 Å². The molecule has 78 valence electrons. The third kappa shape index (κ3) is 2.28. The first-order valence-electron chi connectivity index (χ1n) is 4.86. The molecule has 14 heavy (non-hydrogen) atoms. The van der Waals surface area contributed by atoms with E-state index in [1.807, 2.05) is 12.1 Å². The summed E-state index contributed by atoms with van der Waals surface area (Å²) in [6, 6.07) is 4.09. The van der Waals surface area contributed by atoms with Gasteiger partial charge in [0, 0.05) is 24.1 Å². The first kappa shape index (κ1) is 10.4. The quantitative estimate of drug-likeness (QED) is 0.850. The van der Waals surface area contributed by atoms with E-state index in [9.17, 15) is 0 Å². The molecule has 1 aromatic rings. The summed E-state index contributed by atoms with van der Waals surface area (Å²) in [6.07, 6.45) is 2.13. The zero-order chi connectivity index (χ0) is 9.97. The van der Waals surface area contributed by atoms with Gasteiger partial charge in [-0.15, -0.1) is 11.3 Å². The average molecular weight is 232 g/mol. The van der Waals surface area contributed by atoms with Crippen LogP contribution in [0.15, 0.2) is 12.1 Å². The van der Waals surface area contributed by atoms with E-state index in [0.29, 0.717) is 5.92 Å². The van der Waals surface area contributed by atoms with E-state index in [2.05, 4.69) is 0 Å². The first-order valence-corrected chi connectivity index (χ1v) is 6.05. The second-order valence-corrected chi connectivity index (χ2v) is 5.36. The van der Waals surface area contributed by atoms with E-state index in [0.717, 1.165) is 30.4 Å². The second-order valence-electron chi connectivity index (χ2n) is 3.62. The van der Waals surface area contributed by atoms with Crippen LogP contribution in [0, 0.1) is 5.92 Å². The van der Waals surface area contributed by atoms with Crippen molar-refractivity contribution in [1.29, 1.82) is 0 Å². The fraction of sp³-hybridized carbons (Fsp3) is 0.600. The zero-order valence-corrected chi connectivity index (χ0v) is 9.48. The largest absolute Gasteiger partial charge is 0.381 e. The Morgan fingerprint density at radius 2 is 2.14 bits per heavy atom. The van der Waals surface area contributed by atoms with Crippen molar-refractivity contribution in [2.45, 2.75) is 18.9 Å². The zero-order valence-electron chi connectivity index (χ0n) is 7.91. The third-order valence-corrected chi connectivity index (χ3v) is 4.03. The number of rotatable bonds is 2. The minimum absolute atomic E-state index is 0.136. The molecule has 0 saturated carbocycles. The molecule has 0 aliphatic carbocycles. The minimum Gasteiger partial charge on any atom is -0.381 e. The molecule has 2 N–H and O–H groups in total. The van der Waals surface area contributed by atoms with Crippen LogP contribution < -0.4 is 5.73 Å². The van der Waals surface area contributed by atoms with Gasteiger partial charge in [-0.25, -0.2) is 0 Å². The summed E-state index contributed by atoms with van der Waals surface area (Å²) in [5.41, 5.74) is 6.18. The van der Waals surface area contributed by atoms with Crippen molar-refractivity contribution in [1.82, 2.24) is 0 Å². The molecule has 0 unspecified atom stereocenters. The number of ether oxygens (including phenoxy) is 1. The highest BCUT2D eigenvalue weighted by molar-refractivity contribution is 7.16. The molecule has 1 aliphatic rings. The molecule has 1 atom stereocenters. The lowest BCUT2D eigenvalue weighted by atomic mass is 9.91. The van der Waals surface area contributed by atoms with Crippen molar-refractivity contribution in [2.24, 2.45) is 11.7 Å². The Morgan fingerprint density at radius 3 is 2.71 bits per heavy atom. The Labute approximate surface area is 93.0 Å². The molecule has 2 heterocycles. The summed E-state index contributed by atoms with van der Waals surface area (Å²) in [4.78, 5) is 1.20. The van der Waals surface area contributed by atoms with Crippen molar-refractivity contribution in [3.8, 4) is 0 Å². The summed E-state index contributed by atoms with van der Waals surface area (Å²) < 4.78 is 6.13. The molecule has 1 saturated heterocycles. The van der Waals surface area contributed by atoms with Crippen LogP contribution in [0.4, 0.5) is 0 Å². The van der Waals surface area contributed by atoms with Gasteiger partial charge in [-0.05, 0) is 30.9 Å². The van der Waals surface area contributed by atoms with Gasteiger partial charge in [-0.3, -0.25) is 0 Å². The molecule has 1 aliphatic heterocycles. The molecule has 0 bridgehead atoms. The molecule has 1 fully saturated rings. The molecular formula is C10H14ClNOS. The normalized spacial score (nSPS) is 21.0. The number of nitrogens with two attached hydrogens (primary N) is 1. The summed E-state index contributed by atoms with van der Waals surface area (Å²) >= 11 is 7.47. The van der Waals surface area contributed by atoms with Gasteiger partial charge in [0.05, 0.1) is 4.34 Å². The Morgan fingerprint density at radius 1 is 1.43 bits per heavy atom. The van der Waals surface area contributed by atoms with Gasteiger partial charge in [0.15, 0.2) is 0 Å². The molecule has 2 rings (SSSR count). The highest BCUT2D eigenvalue weighted by atomic mass is 35.5. The summed E-state index contributed by atoms with van der Waals surface area (Å²) in [6.45, 7) is 1.69. The Balaban J connectivity index is 2.03. The maximum absolute atomic E-state index is 6.18. The van der Waals surface area contributed by atoms with Crippen LogP contribution >= 0.6 is 22.9 Å². The lowest BCUT2D eigenvalue weighted by Gasteiger charge is -2.26. The van der Waals surface area contributed by atoms with Gasteiger partial charge in [0.1, 0.15) is 0 Å². The van der Waals surface area contributed by atoms with E-state index < -0.39 is 0 Å². The molecule has 0 spiro atoms. The Kier molecular flexibility index (Phi) is 3.44. The van der Waals surface area contributed by atoms with Gasteiger partial charge < -0.3 is 10.5 Å². The van der Waals surface area contributed by atoms with Crippen molar-refractivity contribution in [2.75, 3.05) is 13.2 Å². The van der Waals surface area contributed by atoms with Crippen LogP contribution in [0.5, 0.6) is 0 Å². The lowest BCUT2D eigenvalue weighted by Crippen LogP contribution is -2.26. The number of thiophene rings is 1. The number of hydrogen-bond donors (Lipinski definition) is 1. The summed E-state index contributed by atoms with van der Waals surface area (Å²) in [7, 11) is 0. The number of halogens is 1. The molecule has 4 heteroatoms. The summed E-state index contributed by atoms with van der Waals surface area (Å²) in [5, 5.41) is 0. The van der Waals surface area contributed by atoms with Gasteiger partial charge in [-0.2, -0.15) is 0 Å². The third-order valence-electron chi connectivity index (χ3n) is 2.70. The molecule has 0 amide bonds. The SMILES string of the molecule is N[C@H](c1ccc(Cl)s1)C1CCOCC1. The Hall–Kier alpha value is -0.0900. The topological polar surface area (TPSA) is 35.2 Å². The molecule has 1 aromatic heterocycles. The van der Waals surface area contributed by atoms with E-state index in [-0.39, 0.29) is 6.04 Å². The van der Waals surface area contributed by atoms with Crippen LogP contribution in [0.3, 0.4) is 0 Å². The lowest BCUT2D eigenvalue weighted by molar-refractivity contribution is 0.0587. The fourth-order valence-corrected chi connectivity index (χ4v) is 2.97. The van der Waals surface area contributed by atoms with Gasteiger partial charge in [-0.1, -0.05) is 11.6 Å². The molecule has 0 aromatic carbocycles. The molecule has 0 radical (unpaired) electrons. The molecular weight excluding hydrogens is 218 g/mol. The highest BCUT2D eigenvalue weighted by Gasteiger charge is 2.23. The fourth-order valence-electron chi connectivity index (χ4n) is 1.81. The van der Waals surface area contributed by atoms with Gasteiger partial charge >= 0.3 is 0 Å². The van der Waals surface area contributed by atoms with Crippen LogP contribution in [-0.4, -0.2) is 13.2 Å². The van der Waals surface area contributed by atoms with Crippen molar-refractivity contribution in [3.05, 3.63) is 21.3 Å². The van der Waals surface area contributed by atoms with Crippen molar-refractivity contribution in [3.63, 3.8) is 0 Å². The monoisotopic (exact) mass is 231 g/mol. The van der Waals surface area contributed by atoms with Crippen LogP contribution in [0.1, 0.15) is 23.8 Å². The molecule has 2 nitrogen and oxygen atoms in total. The van der Waals surface area contributed by atoms with Gasteiger partial charge in [0.2, 0.25) is 0 Å². The average Bonchev–Trinajstić information content (AvgIpc) is 2.65. The predicted molar refractivity (Wildman–Crippen MR) is 59.8 cm³/mol. The maximum atomic E-state index is 6.18. The van der Waals surface area contributed by atoms with Crippen LogP contribution in [0.2, 0.25) is 4.34 Å². The predicted octanol–water partition coefficient (Wildman–Crippen LogP) is 2.83. The van der Waals surface area contributed by atoms with Gasteiger partial charge in [0.25, 0.3) is 0 Å². The van der Waals surface area contributed by atoms with E-state index in [1.165, 1.54) is 4.88 Å². The first-order chi connectivity index (χ1) is 6.77. The minimum atomic E-state index is 0.136. The smallest absolute Gasteiger partial charge is 0.0931 e. The van der Waals surface area contributed by atoms with E-state index in [1.54, 1.807) is 11.3 Å². The van der Waals surface area contributed by atoms with E-state index in [4.69, 9.17) is 22.1 Å². The van der Waals surface area contributed by atoms with E-state index >= 15 is 0 Å².